The van der Waals surface area contributed by atoms with E-state index >= 15 is 0 Å². The van der Waals surface area contributed by atoms with Crippen molar-refractivity contribution in [1.82, 2.24) is 0 Å². The second-order valence-electron chi connectivity index (χ2n) is 2.57. The normalized spacial score (nSPS) is 13.5. The van der Waals surface area contributed by atoms with E-state index in [9.17, 15) is 13.2 Å². The summed E-state index contributed by atoms with van der Waals surface area (Å²) in [6.07, 6.45) is -5.17. The summed E-state index contributed by atoms with van der Waals surface area (Å²) < 4.78 is 36.5. The Morgan fingerprint density at radius 3 is 2.36 bits per heavy atom. The van der Waals surface area contributed by atoms with E-state index in [0.29, 0.717) is 4.88 Å². The van der Waals surface area contributed by atoms with Crippen LogP contribution in [0, 0.1) is 0 Å². The molecule has 0 aromatic carbocycles. The van der Waals surface area contributed by atoms with Gasteiger partial charge >= 0.3 is 6.18 Å². The maximum Gasteiger partial charge on any atom is 0.390 e. The van der Waals surface area contributed by atoms with Gasteiger partial charge in [-0.1, -0.05) is 0 Å². The number of halogens is 5. The molecule has 0 fully saturated rings. The molecule has 0 unspecified atom stereocenters. The molecule has 0 aliphatic heterocycles. The van der Waals surface area contributed by atoms with E-state index in [1.165, 1.54) is 11.3 Å². The van der Waals surface area contributed by atoms with E-state index in [4.69, 9.17) is 5.73 Å². The van der Waals surface area contributed by atoms with Crippen LogP contribution in [0.3, 0.4) is 0 Å². The highest BCUT2D eigenvalue weighted by Crippen LogP contribution is 2.32. The van der Waals surface area contributed by atoms with Crippen LogP contribution < -0.4 is 5.73 Å². The first kappa shape index (κ1) is 14.2. The lowest BCUT2D eigenvalue weighted by Crippen LogP contribution is -2.19. The van der Waals surface area contributed by atoms with Crippen molar-refractivity contribution in [2.45, 2.75) is 18.6 Å². The molecule has 0 radical (unpaired) electrons. The van der Waals surface area contributed by atoms with Crippen LogP contribution in [0.4, 0.5) is 13.2 Å². The van der Waals surface area contributed by atoms with Crippen LogP contribution in [0.5, 0.6) is 0 Å². The van der Waals surface area contributed by atoms with Crippen LogP contribution in [0.2, 0.25) is 0 Å². The highest BCUT2D eigenvalue weighted by molar-refractivity contribution is 9.11. The van der Waals surface area contributed by atoms with Crippen molar-refractivity contribution >= 4 is 39.7 Å². The van der Waals surface area contributed by atoms with Crippen molar-refractivity contribution in [3.8, 4) is 0 Å². The number of alkyl halides is 3. The van der Waals surface area contributed by atoms with Crippen LogP contribution in [0.25, 0.3) is 0 Å². The van der Waals surface area contributed by atoms with Crippen LogP contribution in [0.1, 0.15) is 17.3 Å². The first-order chi connectivity index (χ1) is 5.88. The number of hydrogen-bond acceptors (Lipinski definition) is 2. The summed E-state index contributed by atoms with van der Waals surface area (Å²) in [5.41, 5.74) is 5.36. The summed E-state index contributed by atoms with van der Waals surface area (Å²) in [4.78, 5) is 0.546. The number of thiophene rings is 1. The van der Waals surface area contributed by atoms with Crippen LogP contribution in [-0.2, 0) is 0 Å². The monoisotopic (exact) mass is 309 g/mol. The Balaban J connectivity index is 0.00000169. The van der Waals surface area contributed by atoms with Gasteiger partial charge < -0.3 is 5.73 Å². The van der Waals surface area contributed by atoms with Gasteiger partial charge in [0.1, 0.15) is 0 Å². The molecule has 0 amide bonds. The van der Waals surface area contributed by atoms with Gasteiger partial charge in [-0.2, -0.15) is 13.2 Å². The average molecular weight is 311 g/mol. The molecule has 0 saturated carbocycles. The SMILES string of the molecule is Cl.N[C@@H](CC(F)(F)F)c1ccc(Br)s1. The second kappa shape index (κ2) is 5.34. The Kier molecular flexibility index (Phi) is 5.43. The standard InChI is InChI=1S/C7H7BrF3NS.ClH/c8-6-2-1-5(13-6)4(12)3-7(9,10)11;/h1-2,4H,3,12H2;1H/t4-;/m0./s1. The molecule has 1 heterocycles. The van der Waals surface area contributed by atoms with Crippen LogP contribution in [-0.4, -0.2) is 6.18 Å². The van der Waals surface area contributed by atoms with Crippen molar-refractivity contribution in [1.29, 1.82) is 0 Å². The summed E-state index contributed by atoms with van der Waals surface area (Å²) in [5.74, 6) is 0. The molecule has 1 rings (SSSR count). The third kappa shape index (κ3) is 4.63. The third-order valence-electron chi connectivity index (χ3n) is 1.41. The molecule has 1 aromatic rings. The predicted molar refractivity (Wildman–Crippen MR) is 56.9 cm³/mol. The van der Waals surface area contributed by atoms with Crippen molar-refractivity contribution in [2.75, 3.05) is 0 Å². The van der Waals surface area contributed by atoms with Gasteiger partial charge in [-0.3, -0.25) is 0 Å². The first-order valence-electron chi connectivity index (χ1n) is 3.46. The van der Waals surface area contributed by atoms with Gasteiger partial charge in [0, 0.05) is 10.9 Å². The third-order valence-corrected chi connectivity index (χ3v) is 3.17. The summed E-state index contributed by atoms with van der Waals surface area (Å²) in [6, 6.07) is 2.35. The number of nitrogens with two attached hydrogens (primary N) is 1. The molecule has 0 bridgehead atoms. The zero-order valence-electron chi connectivity index (χ0n) is 6.84. The van der Waals surface area contributed by atoms with Gasteiger partial charge in [-0.25, -0.2) is 0 Å². The van der Waals surface area contributed by atoms with Crippen molar-refractivity contribution in [3.05, 3.63) is 20.8 Å². The van der Waals surface area contributed by atoms with E-state index in [1.54, 1.807) is 12.1 Å². The number of rotatable bonds is 2. The molecule has 0 spiro atoms. The summed E-state index contributed by atoms with van der Waals surface area (Å²) in [7, 11) is 0. The highest BCUT2D eigenvalue weighted by Gasteiger charge is 2.31. The molecule has 14 heavy (non-hydrogen) atoms. The molecule has 0 aliphatic carbocycles. The topological polar surface area (TPSA) is 26.0 Å². The Morgan fingerprint density at radius 2 is 2.00 bits per heavy atom. The fraction of sp³-hybridized carbons (Fsp3) is 0.429. The molecule has 0 aliphatic rings. The average Bonchev–Trinajstić information content (AvgIpc) is 2.31. The smallest absolute Gasteiger partial charge is 0.323 e. The molecule has 1 atom stereocenters. The Labute approximate surface area is 98.0 Å². The Bertz CT molecular complexity index is 289. The molecule has 7 heteroatoms. The number of hydrogen-bond donors (Lipinski definition) is 1. The van der Waals surface area contributed by atoms with Gasteiger partial charge in [0.05, 0.1) is 10.2 Å². The molecule has 2 N–H and O–H groups in total. The first-order valence-corrected chi connectivity index (χ1v) is 5.07. The minimum Gasteiger partial charge on any atom is -0.323 e. The molecule has 0 saturated heterocycles. The maximum absolute atomic E-state index is 11.9. The molecular weight excluding hydrogens is 303 g/mol. The zero-order chi connectivity index (χ0) is 10.1. The molecule has 82 valence electrons. The molecular formula is C7H8BrClF3NS. The second-order valence-corrected chi connectivity index (χ2v) is 5.06. The highest BCUT2D eigenvalue weighted by atomic mass is 79.9. The predicted octanol–water partition coefficient (Wildman–Crippen LogP) is 3.88. The van der Waals surface area contributed by atoms with Crippen molar-refractivity contribution < 1.29 is 13.2 Å². The summed E-state index contributed by atoms with van der Waals surface area (Å²) in [6.45, 7) is 0. The van der Waals surface area contributed by atoms with Crippen LogP contribution in [0.15, 0.2) is 15.9 Å². The van der Waals surface area contributed by atoms with Crippen molar-refractivity contribution in [3.63, 3.8) is 0 Å². The van der Waals surface area contributed by atoms with Crippen molar-refractivity contribution in [2.24, 2.45) is 5.73 Å². The van der Waals surface area contributed by atoms with E-state index in [1.807, 2.05) is 0 Å². The fourth-order valence-electron chi connectivity index (χ4n) is 0.878. The largest absolute Gasteiger partial charge is 0.390 e. The lowest BCUT2D eigenvalue weighted by Gasteiger charge is -2.11. The zero-order valence-corrected chi connectivity index (χ0v) is 10.1. The lowest BCUT2D eigenvalue weighted by atomic mass is 10.2. The quantitative estimate of drug-likeness (QED) is 0.881. The summed E-state index contributed by atoms with van der Waals surface area (Å²) in [5, 5.41) is 0. The summed E-state index contributed by atoms with van der Waals surface area (Å²) >= 11 is 4.39. The van der Waals surface area contributed by atoms with Crippen LogP contribution >= 0.6 is 39.7 Å². The minimum atomic E-state index is -4.20. The maximum atomic E-state index is 11.9. The van der Waals surface area contributed by atoms with Gasteiger partial charge in [0.25, 0.3) is 0 Å². The van der Waals surface area contributed by atoms with Gasteiger partial charge in [-0.05, 0) is 28.1 Å². The van der Waals surface area contributed by atoms with Gasteiger partial charge in [0.15, 0.2) is 0 Å². The Hall–Kier alpha value is 0.220. The molecule has 1 nitrogen and oxygen atoms in total. The Morgan fingerprint density at radius 1 is 1.43 bits per heavy atom. The fourth-order valence-corrected chi connectivity index (χ4v) is 2.30. The van der Waals surface area contributed by atoms with E-state index < -0.39 is 18.6 Å². The molecule has 1 aromatic heterocycles. The van der Waals surface area contributed by atoms with Gasteiger partial charge in [-0.15, -0.1) is 23.7 Å². The van der Waals surface area contributed by atoms with E-state index in [0.717, 1.165) is 3.79 Å². The van der Waals surface area contributed by atoms with E-state index in [-0.39, 0.29) is 12.4 Å². The van der Waals surface area contributed by atoms with Gasteiger partial charge in [0.2, 0.25) is 0 Å². The van der Waals surface area contributed by atoms with E-state index in [2.05, 4.69) is 15.9 Å². The lowest BCUT2D eigenvalue weighted by molar-refractivity contribution is -0.138. The minimum absolute atomic E-state index is 0.